The van der Waals surface area contributed by atoms with Crippen LogP contribution in [0.2, 0.25) is 0 Å². The van der Waals surface area contributed by atoms with Crippen molar-refractivity contribution in [3.63, 3.8) is 0 Å². The third kappa shape index (κ3) is 6.58. The van der Waals surface area contributed by atoms with E-state index < -0.39 is 77.9 Å². The molecule has 2 saturated heterocycles. The van der Waals surface area contributed by atoms with Crippen LogP contribution in [-0.4, -0.2) is 103 Å². The van der Waals surface area contributed by atoms with Crippen molar-refractivity contribution in [2.75, 3.05) is 24.7 Å². The summed E-state index contributed by atoms with van der Waals surface area (Å²) >= 11 is 0. The van der Waals surface area contributed by atoms with E-state index in [-0.39, 0.29) is 29.2 Å². The van der Waals surface area contributed by atoms with Gasteiger partial charge in [-0.15, -0.1) is 0 Å². The molecule has 2 aliphatic heterocycles. The molecular weight excluding hydrogens is 610 g/mol. The number of imidazole rings is 1. The van der Waals surface area contributed by atoms with Crippen LogP contribution in [0.1, 0.15) is 18.9 Å². The second kappa shape index (κ2) is 11.7. The van der Waals surface area contributed by atoms with Gasteiger partial charge >= 0.3 is 235 Å². The summed E-state index contributed by atoms with van der Waals surface area (Å²) in [5.74, 6) is 0.0246. The van der Waals surface area contributed by atoms with E-state index in [0.29, 0.717) is 0 Å². The minimum atomic E-state index is -5.08. The van der Waals surface area contributed by atoms with Gasteiger partial charge in [-0.05, 0) is 0 Å². The van der Waals surface area contributed by atoms with Crippen molar-refractivity contribution in [1.82, 2.24) is 29.1 Å². The zero-order chi connectivity index (χ0) is 30.4. The predicted molar refractivity (Wildman–Crippen MR) is 139 cm³/mol. The fraction of sp³-hybridized carbons (Fsp3) is 0.526. The average molecular weight is 638 g/mol. The Labute approximate surface area is 235 Å². The van der Waals surface area contributed by atoms with Gasteiger partial charge in [-0.25, -0.2) is 0 Å². The fourth-order valence-corrected chi connectivity index (χ4v) is 5.97. The van der Waals surface area contributed by atoms with Crippen LogP contribution in [0.25, 0.3) is 11.2 Å². The Balaban J connectivity index is 1.26. The van der Waals surface area contributed by atoms with Crippen molar-refractivity contribution in [2.45, 2.75) is 49.4 Å². The average Bonchev–Trinajstić information content (AvgIpc) is 3.58. The number of nitrogens with two attached hydrogens (primary N) is 2. The molecular formula is C19H28N8O13P2. The van der Waals surface area contributed by atoms with E-state index in [4.69, 9.17) is 39.8 Å². The predicted octanol–water partition coefficient (Wildman–Crippen LogP) is -2.94. The molecule has 2 fully saturated rings. The number of ether oxygens (including phenoxy) is 2. The Hall–Kier alpha value is -2.75. The molecule has 7 atom stereocenters. The van der Waals surface area contributed by atoms with Gasteiger partial charge in [0, 0.05) is 0 Å². The number of phosphoric acid groups is 1. The van der Waals surface area contributed by atoms with E-state index in [1.807, 2.05) is 0 Å². The molecule has 10 N–H and O–H groups in total. The molecule has 3 aromatic heterocycles. The summed E-state index contributed by atoms with van der Waals surface area (Å²) in [5, 5.41) is 21.1. The Morgan fingerprint density at radius 2 is 1.83 bits per heavy atom. The maximum atomic E-state index is 12.3. The molecule has 0 spiro atoms. The summed E-state index contributed by atoms with van der Waals surface area (Å²) in [7, 11) is -10.0. The molecule has 0 aliphatic carbocycles. The molecule has 0 bridgehead atoms. The van der Waals surface area contributed by atoms with E-state index in [1.54, 1.807) is 0 Å². The Kier molecular flexibility index (Phi) is 8.58. The molecule has 0 saturated carbocycles. The van der Waals surface area contributed by atoms with Crippen LogP contribution in [0.5, 0.6) is 0 Å². The second-order valence-electron chi connectivity index (χ2n) is 9.34. The van der Waals surface area contributed by atoms with Crippen LogP contribution in [0, 0.1) is 0 Å². The SMILES string of the molecule is Nc1ccn([C@H]2C[C@H](O[PH](O)(O)OC[C@H]3O[C@@H](n4cnc5c(N)ncnc54)[C@H](O)[C@@H]3O)[C@@H](COP(=O)(O)O)O2)c(=O)n1. The van der Waals surface area contributed by atoms with E-state index in [0.717, 1.165) is 4.57 Å². The molecule has 0 unspecified atom stereocenters. The van der Waals surface area contributed by atoms with Gasteiger partial charge in [0.2, 0.25) is 0 Å². The van der Waals surface area contributed by atoms with Gasteiger partial charge in [-0.1, -0.05) is 0 Å². The number of hydrogen-bond donors (Lipinski definition) is 8. The molecule has 0 aromatic carbocycles. The van der Waals surface area contributed by atoms with Crippen LogP contribution >= 0.6 is 16.0 Å². The summed E-state index contributed by atoms with van der Waals surface area (Å²) < 4.78 is 39.9. The molecule has 0 amide bonds. The van der Waals surface area contributed by atoms with Gasteiger partial charge in [0.1, 0.15) is 0 Å². The van der Waals surface area contributed by atoms with Gasteiger partial charge in [0.25, 0.3) is 0 Å². The Bertz CT molecular complexity index is 1530. The molecule has 5 rings (SSSR count). The van der Waals surface area contributed by atoms with E-state index >= 15 is 0 Å². The Morgan fingerprint density at radius 1 is 1.07 bits per heavy atom. The van der Waals surface area contributed by atoms with Crippen molar-refractivity contribution in [3.05, 3.63) is 35.4 Å². The molecule has 232 valence electrons. The van der Waals surface area contributed by atoms with Gasteiger partial charge in [0.15, 0.2) is 0 Å². The number of aliphatic hydroxyl groups excluding tert-OH is 2. The number of nitrogen functional groups attached to an aromatic ring is 2. The molecule has 3 aromatic rings. The first-order chi connectivity index (χ1) is 19.7. The van der Waals surface area contributed by atoms with Crippen molar-refractivity contribution in [3.8, 4) is 0 Å². The maximum absolute atomic E-state index is 12.3. The van der Waals surface area contributed by atoms with Crippen LogP contribution in [-0.2, 0) is 27.6 Å². The van der Waals surface area contributed by atoms with E-state index in [1.165, 1.54) is 29.5 Å². The van der Waals surface area contributed by atoms with Gasteiger partial charge < -0.3 is 0 Å². The monoisotopic (exact) mass is 638 g/mol. The van der Waals surface area contributed by atoms with Crippen molar-refractivity contribution >= 4 is 38.8 Å². The number of rotatable bonds is 10. The van der Waals surface area contributed by atoms with E-state index in [9.17, 15) is 29.4 Å². The zero-order valence-corrected chi connectivity index (χ0v) is 23.2. The van der Waals surface area contributed by atoms with Crippen molar-refractivity contribution < 1.29 is 57.4 Å². The van der Waals surface area contributed by atoms with Gasteiger partial charge in [0.05, 0.1) is 0 Å². The second-order valence-corrected chi connectivity index (χ2v) is 12.2. The number of phosphoric ester groups is 1. The van der Waals surface area contributed by atoms with Crippen LogP contribution < -0.4 is 17.2 Å². The number of fused-ring (bicyclic) bond motifs is 1. The minimum absolute atomic E-state index is 0.0590. The third-order valence-corrected chi connectivity index (χ3v) is 8.13. The zero-order valence-electron chi connectivity index (χ0n) is 21.3. The standard InChI is InChI=1S/C19H28N8O13P2/c20-11-1-2-26(19(30)25-11)12-3-8(9(38-12)4-36-41(31,32)33)40-42(34,35)37-5-10-14(28)15(29)18(39-10)27-7-24-13-16(21)22-6-23-17(13)27/h1-2,6-10,12,14-15,18,28-29,34-35,42H,3-5H2,(H2,20,25,30)(H2,21,22,23)(H2,31,32,33)/t8-,9+,10+,12+,14+,15+,18+/m0/s1. The van der Waals surface area contributed by atoms with Gasteiger partial charge in [-0.2, -0.15) is 0 Å². The van der Waals surface area contributed by atoms with Crippen LogP contribution in [0.4, 0.5) is 11.6 Å². The number of aliphatic hydroxyl groups is 2. The van der Waals surface area contributed by atoms with Crippen LogP contribution in [0.3, 0.4) is 0 Å². The summed E-state index contributed by atoms with van der Waals surface area (Å²) in [6.45, 7) is -1.42. The quantitative estimate of drug-likeness (QED) is 0.103. The number of hydrogen-bond acceptors (Lipinski definition) is 17. The Morgan fingerprint density at radius 3 is 2.55 bits per heavy atom. The number of anilines is 2. The molecule has 0 radical (unpaired) electrons. The summed E-state index contributed by atoms with van der Waals surface area (Å²) in [5.41, 5.74) is 10.9. The normalized spacial score (nSPS) is 29.0. The summed E-state index contributed by atoms with van der Waals surface area (Å²) in [6, 6.07) is 1.31. The van der Waals surface area contributed by atoms with E-state index in [2.05, 4.69) is 24.5 Å². The molecule has 5 heterocycles. The first kappa shape index (κ1) is 30.7. The van der Waals surface area contributed by atoms with Gasteiger partial charge in [-0.3, -0.25) is 0 Å². The number of aromatic nitrogens is 6. The summed E-state index contributed by atoms with van der Waals surface area (Å²) in [6.07, 6.45) is -5.75. The topological polar surface area (TPSA) is 315 Å². The molecule has 42 heavy (non-hydrogen) atoms. The molecule has 2 aliphatic rings. The molecule has 23 heteroatoms. The first-order valence-corrected chi connectivity index (χ1v) is 15.4. The first-order valence-electron chi connectivity index (χ1n) is 12.1. The van der Waals surface area contributed by atoms with Crippen molar-refractivity contribution in [2.24, 2.45) is 0 Å². The molecule has 21 nitrogen and oxygen atoms in total. The number of nitrogens with zero attached hydrogens (tertiary/aromatic N) is 6. The van der Waals surface area contributed by atoms with Crippen LogP contribution in [0.15, 0.2) is 29.7 Å². The third-order valence-electron chi connectivity index (χ3n) is 6.49. The summed E-state index contributed by atoms with van der Waals surface area (Å²) in [4.78, 5) is 67.1. The fourth-order valence-electron chi connectivity index (χ4n) is 4.54. The van der Waals surface area contributed by atoms with Crippen molar-refractivity contribution in [1.29, 1.82) is 0 Å².